The van der Waals surface area contributed by atoms with E-state index in [4.69, 9.17) is 4.42 Å². The highest BCUT2D eigenvalue weighted by atomic mass is 32.3. The normalized spacial score (nSPS) is 19.4. The number of rotatable bonds is 5. The van der Waals surface area contributed by atoms with E-state index in [-0.39, 0.29) is 5.76 Å². The molecule has 4 heterocycles. The number of allylic oxidation sites excluding steroid dienone is 1. The van der Waals surface area contributed by atoms with Crippen LogP contribution in [0.15, 0.2) is 46.2 Å². The molecule has 0 radical (unpaired) electrons. The quantitative estimate of drug-likeness (QED) is 0.294. The van der Waals surface area contributed by atoms with E-state index < -0.39 is 0 Å². The first kappa shape index (κ1) is 20.6. The van der Waals surface area contributed by atoms with Crippen molar-refractivity contribution in [1.29, 1.82) is 0 Å². The lowest BCUT2D eigenvalue weighted by Gasteiger charge is -2.07. The summed E-state index contributed by atoms with van der Waals surface area (Å²) in [6.07, 6.45) is 5.69. The maximum Gasteiger partial charge on any atom is 0.185 e. The van der Waals surface area contributed by atoms with Crippen LogP contribution in [0.2, 0.25) is 0 Å². The molecule has 0 atom stereocenters. The second kappa shape index (κ2) is 9.03. The minimum atomic E-state index is 0.228. The van der Waals surface area contributed by atoms with Gasteiger partial charge in [0.05, 0.1) is 35.2 Å². The van der Waals surface area contributed by atoms with Gasteiger partial charge in [0.15, 0.2) is 18.3 Å². The van der Waals surface area contributed by atoms with Gasteiger partial charge in [0.2, 0.25) is 0 Å². The molecule has 1 aromatic heterocycles. The van der Waals surface area contributed by atoms with Crippen molar-refractivity contribution in [3.63, 3.8) is 0 Å². The molecule has 0 aromatic carbocycles. The lowest BCUT2D eigenvalue weighted by atomic mass is 10.2. The number of aldehydes is 2. The van der Waals surface area contributed by atoms with Crippen LogP contribution in [0.1, 0.15) is 16.3 Å². The third-order valence-electron chi connectivity index (χ3n) is 3.33. The third-order valence-corrected chi connectivity index (χ3v) is 14.7. The fraction of sp³-hybridized carbons (Fsp3) is 0.125. The van der Waals surface area contributed by atoms with E-state index in [1.807, 2.05) is 23.5 Å². The van der Waals surface area contributed by atoms with E-state index in [2.05, 4.69) is 12.5 Å². The van der Waals surface area contributed by atoms with Crippen LogP contribution in [0.4, 0.5) is 0 Å². The Hall–Kier alpha value is 0.380. The Labute approximate surface area is 190 Å². The van der Waals surface area contributed by atoms with Gasteiger partial charge in [-0.15, -0.1) is 23.5 Å². The molecular weight excluding hydrogens is 497 g/mol. The number of thioether (sulfide) groups is 8. The average Bonchev–Trinajstić information content (AvgIpc) is 3.43. The number of furan rings is 1. The highest BCUT2D eigenvalue weighted by Crippen LogP contribution is 2.71. The van der Waals surface area contributed by atoms with E-state index in [9.17, 15) is 9.59 Å². The first-order valence-corrected chi connectivity index (χ1v) is 14.6. The van der Waals surface area contributed by atoms with Gasteiger partial charge in [-0.05, 0) is 24.6 Å². The van der Waals surface area contributed by atoms with Gasteiger partial charge >= 0.3 is 0 Å². The van der Waals surface area contributed by atoms with Gasteiger partial charge in [0, 0.05) is 0 Å². The smallest absolute Gasteiger partial charge is 0.185 e. The Morgan fingerprint density at radius 2 is 1.41 bits per heavy atom. The van der Waals surface area contributed by atoms with E-state index in [1.165, 1.54) is 25.4 Å². The molecule has 0 unspecified atom stereocenters. The van der Waals surface area contributed by atoms with Crippen molar-refractivity contribution in [1.82, 2.24) is 0 Å². The largest absolute Gasteiger partial charge is 0.453 e. The van der Waals surface area contributed by atoms with Crippen LogP contribution in [0.25, 0.3) is 5.57 Å². The van der Waals surface area contributed by atoms with Crippen molar-refractivity contribution in [2.75, 3.05) is 12.5 Å². The molecule has 0 fully saturated rings. The highest BCUT2D eigenvalue weighted by molar-refractivity contribution is 8.49. The fourth-order valence-electron chi connectivity index (χ4n) is 2.15. The van der Waals surface area contributed by atoms with E-state index in [1.54, 1.807) is 82.7 Å². The Morgan fingerprint density at radius 1 is 0.852 bits per heavy atom. The van der Waals surface area contributed by atoms with Crippen LogP contribution < -0.4 is 0 Å². The van der Waals surface area contributed by atoms with Gasteiger partial charge in [0.25, 0.3) is 0 Å². The van der Waals surface area contributed by atoms with Crippen molar-refractivity contribution in [3.8, 4) is 0 Å². The minimum Gasteiger partial charge on any atom is -0.453 e. The van der Waals surface area contributed by atoms with Crippen LogP contribution in [0.5, 0.6) is 0 Å². The molecule has 0 aliphatic carbocycles. The lowest BCUT2D eigenvalue weighted by molar-refractivity contribution is -0.103. The van der Waals surface area contributed by atoms with Gasteiger partial charge in [-0.3, -0.25) is 9.59 Å². The summed E-state index contributed by atoms with van der Waals surface area (Å²) in [5, 5.41) is 0. The van der Waals surface area contributed by atoms with Gasteiger partial charge in [-0.2, -0.15) is 0 Å². The van der Waals surface area contributed by atoms with Crippen LogP contribution in [-0.2, 0) is 4.79 Å². The van der Waals surface area contributed by atoms with Crippen LogP contribution in [0.3, 0.4) is 0 Å². The average molecular weight is 507 g/mol. The second-order valence-electron chi connectivity index (χ2n) is 4.88. The monoisotopic (exact) mass is 506 g/mol. The van der Waals surface area contributed by atoms with Crippen molar-refractivity contribution in [3.05, 3.63) is 53.3 Å². The fourth-order valence-corrected chi connectivity index (χ4v) is 13.8. The first-order chi connectivity index (χ1) is 13.2. The first-order valence-electron chi connectivity index (χ1n) is 7.29. The molecule has 3 aliphatic heterocycles. The highest BCUT2D eigenvalue weighted by Gasteiger charge is 2.35. The molecule has 0 saturated carbocycles. The van der Waals surface area contributed by atoms with Gasteiger partial charge in [-0.25, -0.2) is 0 Å². The third kappa shape index (κ3) is 4.16. The van der Waals surface area contributed by atoms with Crippen LogP contribution in [-0.4, -0.2) is 25.1 Å². The summed E-state index contributed by atoms with van der Waals surface area (Å²) in [6, 6.07) is 3.25. The Bertz CT molecular complexity index is 913. The van der Waals surface area contributed by atoms with E-state index >= 15 is 0 Å². The molecule has 3 aliphatic rings. The lowest BCUT2D eigenvalue weighted by Crippen LogP contribution is -1.85. The maximum absolute atomic E-state index is 11.6. The number of hydrogen-bond acceptors (Lipinski definition) is 11. The molecule has 11 heteroatoms. The van der Waals surface area contributed by atoms with Crippen molar-refractivity contribution in [2.45, 2.75) is 0 Å². The van der Waals surface area contributed by atoms with Crippen LogP contribution >= 0.6 is 94.1 Å². The molecule has 0 saturated heterocycles. The zero-order valence-electron chi connectivity index (χ0n) is 13.8. The standard InChI is InChI=1S/C16H10O3S8/c1-20-11-12(21-2)25-15(24-11)16-26-13-14(27-16)23-10(22-13)8(6-18)9-4-3-7(5-17)19-9/h3-6H,1-2H3. The van der Waals surface area contributed by atoms with Crippen molar-refractivity contribution in [2.24, 2.45) is 0 Å². The molecule has 140 valence electrons. The predicted octanol–water partition coefficient (Wildman–Crippen LogP) is 7.51. The van der Waals surface area contributed by atoms with Crippen LogP contribution in [0, 0.1) is 0 Å². The molecule has 1 aromatic rings. The summed E-state index contributed by atoms with van der Waals surface area (Å²) in [7, 11) is 0. The summed E-state index contributed by atoms with van der Waals surface area (Å²) in [6.45, 7) is 0. The summed E-state index contributed by atoms with van der Waals surface area (Å²) in [4.78, 5) is 22.5. The molecule has 3 nitrogen and oxygen atoms in total. The van der Waals surface area contributed by atoms with Gasteiger partial charge in [-0.1, -0.05) is 70.6 Å². The molecular formula is C16H10O3S8. The Balaban J connectivity index is 1.51. The molecule has 0 N–H and O–H groups in total. The topological polar surface area (TPSA) is 47.3 Å². The number of hydrogen-bond donors (Lipinski definition) is 0. The second-order valence-corrected chi connectivity index (χ2v) is 14.4. The summed E-state index contributed by atoms with van der Waals surface area (Å²) in [5.74, 6) is 0.670. The van der Waals surface area contributed by atoms with E-state index in [0.717, 1.165) is 10.5 Å². The zero-order chi connectivity index (χ0) is 19.0. The summed E-state index contributed by atoms with van der Waals surface area (Å²) < 4.78 is 14.2. The molecule has 27 heavy (non-hydrogen) atoms. The van der Waals surface area contributed by atoms with E-state index in [0.29, 0.717) is 17.6 Å². The summed E-state index contributed by atoms with van der Waals surface area (Å²) >= 11 is 14.1. The zero-order valence-corrected chi connectivity index (χ0v) is 20.3. The molecule has 0 bridgehead atoms. The number of carbonyl (C=O) groups excluding carboxylic acids is 2. The Kier molecular flexibility index (Phi) is 6.90. The van der Waals surface area contributed by atoms with Gasteiger partial charge < -0.3 is 4.42 Å². The van der Waals surface area contributed by atoms with Crippen molar-refractivity contribution < 1.29 is 14.0 Å². The Morgan fingerprint density at radius 3 is 1.89 bits per heavy atom. The molecule has 0 spiro atoms. The maximum atomic E-state index is 11.6. The number of carbonyl (C=O) groups is 2. The predicted molar refractivity (Wildman–Crippen MR) is 131 cm³/mol. The summed E-state index contributed by atoms with van der Waals surface area (Å²) in [5.41, 5.74) is 0.503. The van der Waals surface area contributed by atoms with Crippen molar-refractivity contribution >= 4 is 112 Å². The molecule has 4 rings (SSSR count). The SMILES string of the molecule is CSC1=C(SC)SC(=C2SC3=C(S2)SC(=C(C=O)c2ccc(C=O)o2)S3)S1. The van der Waals surface area contributed by atoms with Gasteiger partial charge in [0.1, 0.15) is 5.76 Å². The molecule has 0 amide bonds. The minimum absolute atomic E-state index is 0.228.